The van der Waals surface area contributed by atoms with Crippen LogP contribution in [0, 0.1) is 11.3 Å². The Morgan fingerprint density at radius 1 is 1.47 bits per heavy atom. The fourth-order valence-corrected chi connectivity index (χ4v) is 2.15. The summed E-state index contributed by atoms with van der Waals surface area (Å²) < 4.78 is 0. The molecule has 0 amide bonds. The molecule has 102 valence electrons. The smallest absolute Gasteiger partial charge is 0.323 e. The quantitative estimate of drug-likeness (QED) is 0.840. The molecule has 0 aliphatic rings. The van der Waals surface area contributed by atoms with Gasteiger partial charge in [-0.1, -0.05) is 31.5 Å². The zero-order valence-electron chi connectivity index (χ0n) is 11.0. The molecule has 0 saturated carbocycles. The van der Waals surface area contributed by atoms with Gasteiger partial charge < -0.3 is 5.11 Å². The lowest BCUT2D eigenvalue weighted by atomic mass is 9.92. The molecule has 4 nitrogen and oxygen atoms in total. The fraction of sp³-hybridized carbons (Fsp3) is 0.429. The van der Waals surface area contributed by atoms with Gasteiger partial charge in [0, 0.05) is 11.6 Å². The molecule has 19 heavy (non-hydrogen) atoms. The number of nitriles is 1. The number of rotatable bonds is 6. The Labute approximate surface area is 118 Å². The maximum absolute atomic E-state index is 11.4. The summed E-state index contributed by atoms with van der Waals surface area (Å²) in [5.41, 5.74) is 0.342. The normalized spacial score (nSPS) is 11.1. The summed E-state index contributed by atoms with van der Waals surface area (Å²) in [4.78, 5) is 11.4. The van der Waals surface area contributed by atoms with Crippen molar-refractivity contribution >= 4 is 17.6 Å². The third-order valence-corrected chi connectivity index (χ3v) is 3.77. The van der Waals surface area contributed by atoms with Gasteiger partial charge in [-0.2, -0.15) is 5.26 Å². The molecule has 0 bridgehead atoms. The molecule has 0 unspecified atom stereocenters. The number of benzene rings is 1. The van der Waals surface area contributed by atoms with Gasteiger partial charge in [0.2, 0.25) is 0 Å². The van der Waals surface area contributed by atoms with Gasteiger partial charge >= 0.3 is 5.97 Å². The molecule has 5 heteroatoms. The second kappa shape index (κ2) is 6.55. The van der Waals surface area contributed by atoms with Crippen LogP contribution in [-0.2, 0) is 11.3 Å². The van der Waals surface area contributed by atoms with Gasteiger partial charge in [0.1, 0.15) is 5.54 Å². The Balaban J connectivity index is 2.87. The first kappa shape index (κ1) is 15.5. The summed E-state index contributed by atoms with van der Waals surface area (Å²) in [7, 11) is 0. The van der Waals surface area contributed by atoms with Gasteiger partial charge in [-0.3, -0.25) is 10.1 Å². The molecule has 0 spiro atoms. The molecule has 0 fully saturated rings. The third-order valence-electron chi connectivity index (χ3n) is 3.42. The first-order chi connectivity index (χ1) is 8.99. The molecule has 1 aromatic rings. The van der Waals surface area contributed by atoms with Crippen molar-refractivity contribution in [2.75, 3.05) is 0 Å². The van der Waals surface area contributed by atoms with Crippen molar-refractivity contribution in [2.24, 2.45) is 0 Å². The molecular weight excluding hydrogens is 264 g/mol. The number of aliphatic carboxylic acids is 1. The van der Waals surface area contributed by atoms with Crippen LogP contribution >= 0.6 is 11.6 Å². The molecule has 0 aromatic heterocycles. The van der Waals surface area contributed by atoms with Crippen molar-refractivity contribution in [2.45, 2.75) is 38.8 Å². The average molecular weight is 281 g/mol. The van der Waals surface area contributed by atoms with Gasteiger partial charge in [0.05, 0.1) is 11.6 Å². The van der Waals surface area contributed by atoms with E-state index in [1.54, 1.807) is 18.2 Å². The van der Waals surface area contributed by atoms with Gasteiger partial charge in [-0.25, -0.2) is 0 Å². The molecule has 0 heterocycles. The van der Waals surface area contributed by atoms with Crippen molar-refractivity contribution in [3.63, 3.8) is 0 Å². The molecule has 0 atom stereocenters. The zero-order valence-corrected chi connectivity index (χ0v) is 11.8. The number of carboxylic acid groups (broad SMARTS) is 1. The van der Waals surface area contributed by atoms with E-state index in [9.17, 15) is 9.90 Å². The Morgan fingerprint density at radius 2 is 2.11 bits per heavy atom. The average Bonchev–Trinajstić information content (AvgIpc) is 2.41. The molecular formula is C14H17ClN2O2. The monoisotopic (exact) mass is 280 g/mol. The van der Waals surface area contributed by atoms with Crippen LogP contribution < -0.4 is 5.32 Å². The van der Waals surface area contributed by atoms with Gasteiger partial charge in [-0.15, -0.1) is 0 Å². The summed E-state index contributed by atoms with van der Waals surface area (Å²) >= 11 is 6.06. The highest BCUT2D eigenvalue weighted by Gasteiger charge is 2.34. The Hall–Kier alpha value is -1.57. The molecule has 0 saturated heterocycles. The van der Waals surface area contributed by atoms with E-state index in [2.05, 4.69) is 5.32 Å². The van der Waals surface area contributed by atoms with Crippen LogP contribution in [0.2, 0.25) is 5.02 Å². The minimum atomic E-state index is -0.933. The summed E-state index contributed by atoms with van der Waals surface area (Å²) in [5.74, 6) is -0.859. The molecule has 1 aromatic carbocycles. The third kappa shape index (κ3) is 3.46. The zero-order chi connectivity index (χ0) is 14.5. The van der Waals surface area contributed by atoms with Gasteiger partial charge in [-0.05, 0) is 30.5 Å². The first-order valence-electron chi connectivity index (χ1n) is 6.16. The van der Waals surface area contributed by atoms with E-state index in [1.807, 2.05) is 19.9 Å². The number of carboxylic acids is 1. The molecule has 2 N–H and O–H groups in total. The lowest BCUT2D eigenvalue weighted by Gasteiger charge is -2.28. The highest BCUT2D eigenvalue weighted by Crippen LogP contribution is 2.21. The van der Waals surface area contributed by atoms with Crippen LogP contribution in [0.15, 0.2) is 18.2 Å². The lowest BCUT2D eigenvalue weighted by Crippen LogP contribution is -2.50. The SMILES string of the molecule is CCC(CC)(NCc1ccc(C#N)cc1Cl)C(=O)O. The minimum Gasteiger partial charge on any atom is -0.480 e. The highest BCUT2D eigenvalue weighted by molar-refractivity contribution is 6.31. The predicted octanol–water partition coefficient (Wildman–Crippen LogP) is 2.94. The molecule has 1 rings (SSSR count). The minimum absolute atomic E-state index is 0.360. The number of halogens is 1. The van der Waals surface area contributed by atoms with Crippen LogP contribution in [0.3, 0.4) is 0 Å². The van der Waals surface area contributed by atoms with E-state index >= 15 is 0 Å². The molecule has 0 aliphatic heterocycles. The Morgan fingerprint density at radius 3 is 2.53 bits per heavy atom. The summed E-state index contributed by atoms with van der Waals surface area (Å²) in [6.45, 7) is 4.04. The molecule has 0 aliphatic carbocycles. The number of carbonyl (C=O) groups is 1. The fourth-order valence-electron chi connectivity index (χ4n) is 1.90. The van der Waals surface area contributed by atoms with E-state index in [1.165, 1.54) is 0 Å². The Kier molecular flexibility index (Phi) is 5.34. The number of nitrogens with zero attached hydrogens (tertiary/aromatic N) is 1. The van der Waals surface area contributed by atoms with E-state index in [0.717, 1.165) is 5.56 Å². The topological polar surface area (TPSA) is 73.1 Å². The van der Waals surface area contributed by atoms with Crippen molar-refractivity contribution in [1.82, 2.24) is 5.32 Å². The molecule has 0 radical (unpaired) electrons. The van der Waals surface area contributed by atoms with Crippen molar-refractivity contribution in [3.05, 3.63) is 34.3 Å². The van der Waals surface area contributed by atoms with E-state index in [-0.39, 0.29) is 0 Å². The largest absolute Gasteiger partial charge is 0.480 e. The number of hydrogen-bond acceptors (Lipinski definition) is 3. The van der Waals surface area contributed by atoms with Crippen molar-refractivity contribution < 1.29 is 9.90 Å². The van der Waals surface area contributed by atoms with E-state index < -0.39 is 11.5 Å². The maximum atomic E-state index is 11.4. The predicted molar refractivity (Wildman–Crippen MR) is 74.0 cm³/mol. The summed E-state index contributed by atoms with van der Waals surface area (Å²) in [6.07, 6.45) is 0.986. The van der Waals surface area contributed by atoms with Crippen molar-refractivity contribution in [3.8, 4) is 6.07 Å². The van der Waals surface area contributed by atoms with Gasteiger partial charge in [0.15, 0.2) is 0 Å². The second-order valence-corrected chi connectivity index (χ2v) is 4.77. The maximum Gasteiger partial charge on any atom is 0.323 e. The standard InChI is InChI=1S/C14H17ClN2O2/c1-3-14(4-2,13(18)19)17-9-11-6-5-10(8-16)7-12(11)15/h5-7,17H,3-4,9H2,1-2H3,(H,18,19). The highest BCUT2D eigenvalue weighted by atomic mass is 35.5. The van der Waals surface area contributed by atoms with Crippen LogP contribution in [-0.4, -0.2) is 16.6 Å². The van der Waals surface area contributed by atoms with E-state index in [4.69, 9.17) is 16.9 Å². The number of hydrogen-bond donors (Lipinski definition) is 2. The van der Waals surface area contributed by atoms with Crippen LogP contribution in [0.25, 0.3) is 0 Å². The number of nitrogens with one attached hydrogen (secondary N) is 1. The van der Waals surface area contributed by atoms with Crippen LogP contribution in [0.4, 0.5) is 0 Å². The van der Waals surface area contributed by atoms with Crippen molar-refractivity contribution in [1.29, 1.82) is 5.26 Å². The summed E-state index contributed by atoms with van der Waals surface area (Å²) in [5, 5.41) is 21.6. The van der Waals surface area contributed by atoms with Crippen LogP contribution in [0.5, 0.6) is 0 Å². The van der Waals surface area contributed by atoms with E-state index in [0.29, 0.717) is 30.0 Å². The lowest BCUT2D eigenvalue weighted by molar-refractivity contribution is -0.145. The summed E-state index contributed by atoms with van der Waals surface area (Å²) in [6, 6.07) is 7.00. The first-order valence-corrected chi connectivity index (χ1v) is 6.53. The Bertz CT molecular complexity index is 505. The second-order valence-electron chi connectivity index (χ2n) is 4.37. The van der Waals surface area contributed by atoms with Gasteiger partial charge in [0.25, 0.3) is 0 Å². The van der Waals surface area contributed by atoms with Crippen LogP contribution in [0.1, 0.15) is 37.8 Å².